The predicted molar refractivity (Wildman–Crippen MR) is 50.0 cm³/mol. The Hall–Kier alpha value is -1.01. The summed E-state index contributed by atoms with van der Waals surface area (Å²) in [7, 11) is 1.35. The highest BCUT2D eigenvalue weighted by Crippen LogP contribution is 2.13. The van der Waals surface area contributed by atoms with Gasteiger partial charge >= 0.3 is 5.97 Å². The Balaban J connectivity index is 2.37. The molecule has 1 aliphatic rings. The van der Waals surface area contributed by atoms with E-state index in [9.17, 15) is 4.79 Å². The van der Waals surface area contributed by atoms with Crippen molar-refractivity contribution in [2.75, 3.05) is 26.7 Å². The fourth-order valence-corrected chi connectivity index (χ4v) is 1.45. The van der Waals surface area contributed by atoms with Gasteiger partial charge in [0.2, 0.25) is 0 Å². The van der Waals surface area contributed by atoms with Crippen LogP contribution in [0.1, 0.15) is 13.3 Å². The number of carbonyl (C=O) groups is 1. The van der Waals surface area contributed by atoms with Crippen molar-refractivity contribution in [1.29, 1.82) is 0 Å². The van der Waals surface area contributed by atoms with Crippen molar-refractivity contribution in [1.82, 2.24) is 4.90 Å². The molecule has 0 aromatic rings. The molecule has 1 fully saturated rings. The lowest BCUT2D eigenvalue weighted by Gasteiger charge is -2.09. The molecule has 0 amide bonds. The monoisotopic (exact) mass is 181 g/mol. The van der Waals surface area contributed by atoms with E-state index in [2.05, 4.69) is 28.4 Å². The number of rotatable bonds is 1. The maximum Gasteiger partial charge on any atom is 0.384 e. The van der Waals surface area contributed by atoms with Crippen LogP contribution in [0.4, 0.5) is 0 Å². The zero-order valence-corrected chi connectivity index (χ0v) is 8.17. The van der Waals surface area contributed by atoms with Crippen LogP contribution < -0.4 is 0 Å². The molecule has 1 saturated heterocycles. The minimum Gasteiger partial charge on any atom is -0.459 e. The van der Waals surface area contributed by atoms with Crippen LogP contribution in [-0.2, 0) is 9.53 Å². The molecule has 0 spiro atoms. The van der Waals surface area contributed by atoms with E-state index in [-0.39, 0.29) is 0 Å². The summed E-state index contributed by atoms with van der Waals surface area (Å²) in [5.41, 5.74) is 0. The van der Waals surface area contributed by atoms with E-state index in [0.717, 1.165) is 26.1 Å². The minimum atomic E-state index is -0.435. The van der Waals surface area contributed by atoms with Crippen LogP contribution in [0.5, 0.6) is 0 Å². The highest BCUT2D eigenvalue weighted by molar-refractivity contribution is 5.88. The van der Waals surface area contributed by atoms with E-state index >= 15 is 0 Å². The van der Waals surface area contributed by atoms with Crippen molar-refractivity contribution in [3.05, 3.63) is 0 Å². The highest BCUT2D eigenvalue weighted by atomic mass is 16.5. The van der Waals surface area contributed by atoms with E-state index < -0.39 is 5.97 Å². The molecule has 0 radical (unpaired) electrons. The van der Waals surface area contributed by atoms with Crippen LogP contribution in [0.3, 0.4) is 0 Å². The predicted octanol–water partition coefficient (Wildman–Crippen LogP) is 0.505. The molecule has 1 heterocycles. The van der Waals surface area contributed by atoms with E-state index in [1.54, 1.807) is 0 Å². The first-order chi connectivity index (χ1) is 6.26. The summed E-state index contributed by atoms with van der Waals surface area (Å²) in [6.07, 6.45) is 1.07. The van der Waals surface area contributed by atoms with Crippen molar-refractivity contribution in [3.8, 4) is 11.8 Å². The Morgan fingerprint density at radius 2 is 2.46 bits per heavy atom. The van der Waals surface area contributed by atoms with Gasteiger partial charge in [-0.05, 0) is 19.5 Å². The maximum absolute atomic E-state index is 10.7. The van der Waals surface area contributed by atoms with Crippen molar-refractivity contribution < 1.29 is 9.53 Å². The van der Waals surface area contributed by atoms with Crippen molar-refractivity contribution in [2.45, 2.75) is 13.3 Å². The van der Waals surface area contributed by atoms with Crippen LogP contribution in [0, 0.1) is 17.8 Å². The fraction of sp³-hybridized carbons (Fsp3) is 0.700. The summed E-state index contributed by atoms with van der Waals surface area (Å²) in [6, 6.07) is 0. The average molecular weight is 181 g/mol. The second kappa shape index (κ2) is 4.88. The minimum absolute atomic E-state index is 0.346. The summed E-state index contributed by atoms with van der Waals surface area (Å²) < 4.78 is 4.44. The number of esters is 1. The van der Waals surface area contributed by atoms with Gasteiger partial charge in [0, 0.05) is 18.4 Å². The first-order valence-corrected chi connectivity index (χ1v) is 4.58. The number of likely N-dealkylation sites (tertiary alicyclic amines) is 1. The number of nitrogens with zero attached hydrogens (tertiary/aromatic N) is 1. The molecule has 3 heteroatoms. The van der Waals surface area contributed by atoms with Crippen molar-refractivity contribution in [3.63, 3.8) is 0 Å². The van der Waals surface area contributed by atoms with Gasteiger partial charge in [-0.15, -0.1) is 0 Å². The first kappa shape index (κ1) is 10.1. The molecular weight excluding hydrogens is 166 g/mol. The highest BCUT2D eigenvalue weighted by Gasteiger charge is 2.18. The molecule has 13 heavy (non-hydrogen) atoms. The van der Waals surface area contributed by atoms with Gasteiger partial charge in [-0.1, -0.05) is 12.8 Å². The Labute approximate surface area is 79.1 Å². The smallest absolute Gasteiger partial charge is 0.384 e. The van der Waals surface area contributed by atoms with Crippen LogP contribution in [0.2, 0.25) is 0 Å². The zero-order chi connectivity index (χ0) is 9.68. The van der Waals surface area contributed by atoms with E-state index in [4.69, 9.17) is 0 Å². The van der Waals surface area contributed by atoms with E-state index in [1.165, 1.54) is 7.11 Å². The third-order valence-electron chi connectivity index (χ3n) is 2.28. The lowest BCUT2D eigenvalue weighted by molar-refractivity contribution is -0.133. The topological polar surface area (TPSA) is 29.5 Å². The molecule has 3 nitrogen and oxygen atoms in total. The molecule has 0 saturated carbocycles. The van der Waals surface area contributed by atoms with E-state index in [0.29, 0.717) is 5.92 Å². The SMILES string of the molecule is CCN1CCC(C#CC(=O)OC)C1. The molecular formula is C10H15NO2. The molecule has 0 N–H and O–H groups in total. The van der Waals surface area contributed by atoms with Gasteiger partial charge in [-0.25, -0.2) is 4.79 Å². The lowest BCUT2D eigenvalue weighted by atomic mass is 10.1. The number of hydrogen-bond acceptors (Lipinski definition) is 3. The van der Waals surface area contributed by atoms with E-state index in [1.807, 2.05) is 0 Å². The summed E-state index contributed by atoms with van der Waals surface area (Å²) in [5, 5.41) is 0. The summed E-state index contributed by atoms with van der Waals surface area (Å²) in [4.78, 5) is 13.0. The summed E-state index contributed by atoms with van der Waals surface area (Å²) in [6.45, 7) is 5.28. The fourth-order valence-electron chi connectivity index (χ4n) is 1.45. The zero-order valence-electron chi connectivity index (χ0n) is 8.17. The molecule has 0 aliphatic carbocycles. The van der Waals surface area contributed by atoms with Gasteiger partial charge in [-0.3, -0.25) is 0 Å². The lowest BCUT2D eigenvalue weighted by Crippen LogP contribution is -2.19. The molecule has 72 valence electrons. The standard InChI is InChI=1S/C10H15NO2/c1-3-11-7-6-9(8-11)4-5-10(12)13-2/h9H,3,6-8H2,1-2H3. The van der Waals surface area contributed by atoms with Crippen LogP contribution in [0.15, 0.2) is 0 Å². The number of hydrogen-bond donors (Lipinski definition) is 0. The Morgan fingerprint density at radius 1 is 1.69 bits per heavy atom. The quantitative estimate of drug-likeness (QED) is 0.335. The molecule has 1 aliphatic heterocycles. The molecule has 0 aromatic heterocycles. The molecule has 1 rings (SSSR count). The molecule has 0 aromatic carbocycles. The Morgan fingerprint density at radius 3 is 3.00 bits per heavy atom. The largest absolute Gasteiger partial charge is 0.459 e. The van der Waals surface area contributed by atoms with Gasteiger partial charge < -0.3 is 9.64 Å². The Kier molecular flexibility index (Phi) is 3.78. The number of ether oxygens (including phenoxy) is 1. The van der Waals surface area contributed by atoms with Gasteiger partial charge in [0.1, 0.15) is 0 Å². The summed E-state index contributed by atoms with van der Waals surface area (Å²) in [5.74, 6) is 5.32. The Bertz CT molecular complexity index is 239. The van der Waals surface area contributed by atoms with Gasteiger partial charge in [0.25, 0.3) is 0 Å². The first-order valence-electron chi connectivity index (χ1n) is 4.58. The third-order valence-corrected chi connectivity index (χ3v) is 2.28. The van der Waals surface area contributed by atoms with Crippen molar-refractivity contribution >= 4 is 5.97 Å². The normalized spacial score (nSPS) is 22.2. The van der Waals surface area contributed by atoms with Crippen molar-refractivity contribution in [2.24, 2.45) is 5.92 Å². The maximum atomic E-state index is 10.7. The van der Waals surface area contributed by atoms with Crippen LogP contribution >= 0.6 is 0 Å². The van der Waals surface area contributed by atoms with Gasteiger partial charge in [0.15, 0.2) is 0 Å². The number of carbonyl (C=O) groups excluding carboxylic acids is 1. The molecule has 0 bridgehead atoms. The molecule has 1 atom stereocenters. The third kappa shape index (κ3) is 3.08. The van der Waals surface area contributed by atoms with Gasteiger partial charge in [-0.2, -0.15) is 0 Å². The number of methoxy groups -OCH3 is 1. The van der Waals surface area contributed by atoms with Gasteiger partial charge in [0.05, 0.1) is 7.11 Å². The second-order valence-corrected chi connectivity index (χ2v) is 3.14. The van der Waals surface area contributed by atoms with Crippen LogP contribution in [-0.4, -0.2) is 37.6 Å². The van der Waals surface area contributed by atoms with Crippen LogP contribution in [0.25, 0.3) is 0 Å². The average Bonchev–Trinajstić information content (AvgIpc) is 2.61. The molecule has 1 unspecified atom stereocenters. The summed E-state index contributed by atoms with van der Waals surface area (Å²) >= 11 is 0. The second-order valence-electron chi connectivity index (χ2n) is 3.14.